The monoisotopic (exact) mass is 396 g/mol. The minimum absolute atomic E-state index is 0.332. The van der Waals surface area contributed by atoms with Gasteiger partial charge in [-0.05, 0) is 78.4 Å². The number of aryl methyl sites for hydroxylation is 2. The molecule has 4 rings (SSSR count). The Morgan fingerprint density at radius 3 is 2.59 bits per heavy atom. The van der Waals surface area contributed by atoms with Gasteiger partial charge in [-0.3, -0.25) is 9.71 Å². The molecule has 27 heavy (non-hydrogen) atoms. The first-order valence-corrected chi connectivity index (χ1v) is 11.3. The molecule has 4 nitrogen and oxygen atoms in total. The average molecular weight is 397 g/mol. The molecule has 0 atom stereocenters. The van der Waals surface area contributed by atoms with Gasteiger partial charge in [0.25, 0.3) is 10.0 Å². The molecule has 0 saturated heterocycles. The zero-order valence-corrected chi connectivity index (χ0v) is 16.4. The third-order valence-electron chi connectivity index (χ3n) is 4.62. The lowest BCUT2D eigenvalue weighted by Crippen LogP contribution is -2.13. The molecule has 3 aromatic rings. The van der Waals surface area contributed by atoms with E-state index in [9.17, 15) is 8.42 Å². The van der Waals surface area contributed by atoms with Crippen LogP contribution < -0.4 is 4.72 Å². The molecular weight excluding hydrogens is 376 g/mol. The molecule has 2 aromatic carbocycles. The normalized spacial score (nSPS) is 13.3. The predicted octanol–water partition coefficient (Wildman–Crippen LogP) is 4.66. The summed E-state index contributed by atoms with van der Waals surface area (Å²) < 4.78 is 28.0. The number of nitrogens with zero attached hydrogens (tertiary/aromatic N) is 1. The number of benzene rings is 2. The van der Waals surface area contributed by atoms with E-state index in [4.69, 9.17) is 0 Å². The molecule has 6 heteroatoms. The number of thioether (sulfide) groups is 1. The Morgan fingerprint density at radius 1 is 1.00 bits per heavy atom. The highest BCUT2D eigenvalue weighted by Crippen LogP contribution is 2.27. The summed E-state index contributed by atoms with van der Waals surface area (Å²) >= 11 is 1.69. The number of nitrogens with one attached hydrogen (secondary N) is 1. The Balaban J connectivity index is 1.43. The zero-order valence-electron chi connectivity index (χ0n) is 14.8. The van der Waals surface area contributed by atoms with Gasteiger partial charge in [-0.2, -0.15) is 0 Å². The standard InChI is InChI=1S/C21H20N2O2S2/c24-27(25,21-11-6-17-4-1-5-18(17)13-21)23-19-7-9-20(10-8-19)26-15-16-3-2-12-22-14-16/h2-3,6-14,23H,1,4-5,15H2. The van der Waals surface area contributed by atoms with E-state index in [2.05, 4.69) is 9.71 Å². The van der Waals surface area contributed by atoms with E-state index in [-0.39, 0.29) is 0 Å². The van der Waals surface area contributed by atoms with Crippen molar-refractivity contribution in [2.45, 2.75) is 34.8 Å². The maximum Gasteiger partial charge on any atom is 0.261 e. The maximum atomic E-state index is 12.7. The van der Waals surface area contributed by atoms with Gasteiger partial charge in [0.05, 0.1) is 4.90 Å². The first-order valence-electron chi connectivity index (χ1n) is 8.86. The van der Waals surface area contributed by atoms with Gasteiger partial charge in [-0.25, -0.2) is 8.42 Å². The molecule has 1 N–H and O–H groups in total. The van der Waals surface area contributed by atoms with E-state index >= 15 is 0 Å². The molecule has 1 aliphatic rings. The van der Waals surface area contributed by atoms with Gasteiger partial charge in [-0.15, -0.1) is 11.8 Å². The number of sulfonamides is 1. The Labute approximate surface area is 164 Å². The van der Waals surface area contributed by atoms with Crippen LogP contribution in [0.3, 0.4) is 0 Å². The molecule has 0 bridgehead atoms. The van der Waals surface area contributed by atoms with Crippen molar-refractivity contribution in [3.8, 4) is 0 Å². The summed E-state index contributed by atoms with van der Waals surface area (Å²) in [5.41, 5.74) is 4.15. The fourth-order valence-electron chi connectivity index (χ4n) is 3.20. The molecule has 0 fully saturated rings. The SMILES string of the molecule is O=S(=O)(Nc1ccc(SCc2cccnc2)cc1)c1ccc2c(c1)CCC2. The number of hydrogen-bond donors (Lipinski definition) is 1. The molecule has 1 heterocycles. The number of aromatic nitrogens is 1. The minimum Gasteiger partial charge on any atom is -0.280 e. The lowest BCUT2D eigenvalue weighted by molar-refractivity contribution is 0.601. The fourth-order valence-corrected chi connectivity index (χ4v) is 5.14. The van der Waals surface area contributed by atoms with Crippen LogP contribution in [0, 0.1) is 0 Å². The maximum absolute atomic E-state index is 12.7. The van der Waals surface area contributed by atoms with Crippen molar-refractivity contribution in [1.82, 2.24) is 4.98 Å². The van der Waals surface area contributed by atoms with E-state index in [0.29, 0.717) is 10.6 Å². The van der Waals surface area contributed by atoms with Crippen molar-refractivity contribution in [2.24, 2.45) is 0 Å². The lowest BCUT2D eigenvalue weighted by Gasteiger charge is -2.10. The second-order valence-electron chi connectivity index (χ2n) is 6.56. The van der Waals surface area contributed by atoms with Crippen molar-refractivity contribution in [2.75, 3.05) is 4.72 Å². The van der Waals surface area contributed by atoms with Crippen LogP contribution in [0.4, 0.5) is 5.69 Å². The first-order chi connectivity index (χ1) is 13.1. The number of pyridine rings is 1. The molecular formula is C21H20N2O2S2. The molecule has 0 radical (unpaired) electrons. The van der Waals surface area contributed by atoms with E-state index in [1.54, 1.807) is 36.2 Å². The second kappa shape index (κ2) is 7.74. The van der Waals surface area contributed by atoms with Gasteiger partial charge in [-0.1, -0.05) is 12.1 Å². The van der Waals surface area contributed by atoms with Crippen LogP contribution >= 0.6 is 11.8 Å². The van der Waals surface area contributed by atoms with Crippen molar-refractivity contribution >= 4 is 27.5 Å². The van der Waals surface area contributed by atoms with E-state index in [1.165, 1.54) is 5.56 Å². The number of fused-ring (bicyclic) bond motifs is 1. The predicted molar refractivity (Wildman–Crippen MR) is 110 cm³/mol. The summed E-state index contributed by atoms with van der Waals surface area (Å²) in [5, 5.41) is 0. The molecule has 0 unspecified atom stereocenters. The Hall–Kier alpha value is -2.31. The summed E-state index contributed by atoms with van der Waals surface area (Å²) in [6.07, 6.45) is 6.72. The number of rotatable bonds is 6. The van der Waals surface area contributed by atoms with E-state index in [0.717, 1.165) is 41.0 Å². The van der Waals surface area contributed by atoms with E-state index < -0.39 is 10.0 Å². The Kier molecular flexibility index (Phi) is 5.18. The van der Waals surface area contributed by atoms with Crippen LogP contribution in [-0.2, 0) is 28.6 Å². The van der Waals surface area contributed by atoms with E-state index in [1.807, 2.05) is 42.6 Å². The van der Waals surface area contributed by atoms with Gasteiger partial charge in [0.15, 0.2) is 0 Å². The summed E-state index contributed by atoms with van der Waals surface area (Å²) in [4.78, 5) is 5.53. The van der Waals surface area contributed by atoms with Crippen molar-refractivity contribution in [1.29, 1.82) is 0 Å². The highest BCUT2D eigenvalue weighted by atomic mass is 32.2. The Morgan fingerprint density at radius 2 is 1.81 bits per heavy atom. The largest absolute Gasteiger partial charge is 0.280 e. The van der Waals surface area contributed by atoms with Crippen molar-refractivity contribution < 1.29 is 8.42 Å². The van der Waals surface area contributed by atoms with Crippen LogP contribution in [0.2, 0.25) is 0 Å². The van der Waals surface area contributed by atoms with Crippen molar-refractivity contribution in [3.05, 3.63) is 83.7 Å². The van der Waals surface area contributed by atoms with Gasteiger partial charge in [0.1, 0.15) is 0 Å². The number of anilines is 1. The second-order valence-corrected chi connectivity index (χ2v) is 9.30. The van der Waals surface area contributed by atoms with Crippen LogP contribution in [-0.4, -0.2) is 13.4 Å². The van der Waals surface area contributed by atoms with Gasteiger partial charge in [0.2, 0.25) is 0 Å². The molecule has 1 aliphatic carbocycles. The fraction of sp³-hybridized carbons (Fsp3) is 0.190. The van der Waals surface area contributed by atoms with Crippen LogP contribution in [0.15, 0.2) is 76.8 Å². The smallest absolute Gasteiger partial charge is 0.261 e. The third-order valence-corrected chi connectivity index (χ3v) is 7.08. The minimum atomic E-state index is -3.57. The quantitative estimate of drug-likeness (QED) is 0.616. The number of hydrogen-bond acceptors (Lipinski definition) is 4. The van der Waals surface area contributed by atoms with Crippen LogP contribution in [0.25, 0.3) is 0 Å². The molecule has 0 amide bonds. The summed E-state index contributed by atoms with van der Waals surface area (Å²) in [7, 11) is -3.57. The zero-order chi connectivity index (χ0) is 18.7. The Bertz CT molecular complexity index is 1030. The molecule has 138 valence electrons. The topological polar surface area (TPSA) is 59.1 Å². The van der Waals surface area contributed by atoms with Gasteiger partial charge >= 0.3 is 0 Å². The third kappa shape index (κ3) is 4.34. The van der Waals surface area contributed by atoms with Crippen molar-refractivity contribution in [3.63, 3.8) is 0 Å². The van der Waals surface area contributed by atoms with Crippen LogP contribution in [0.1, 0.15) is 23.1 Å². The summed E-state index contributed by atoms with van der Waals surface area (Å²) in [6, 6.07) is 16.9. The van der Waals surface area contributed by atoms with Gasteiger partial charge in [0, 0.05) is 28.7 Å². The van der Waals surface area contributed by atoms with Crippen LogP contribution in [0.5, 0.6) is 0 Å². The average Bonchev–Trinajstić information content (AvgIpc) is 3.16. The summed E-state index contributed by atoms with van der Waals surface area (Å²) in [5.74, 6) is 0.827. The molecule has 0 saturated carbocycles. The van der Waals surface area contributed by atoms with Gasteiger partial charge < -0.3 is 0 Å². The molecule has 0 spiro atoms. The summed E-state index contributed by atoms with van der Waals surface area (Å²) in [6.45, 7) is 0. The first kappa shape index (κ1) is 18.1. The highest BCUT2D eigenvalue weighted by Gasteiger charge is 2.18. The molecule has 1 aromatic heterocycles. The lowest BCUT2D eigenvalue weighted by atomic mass is 10.1. The molecule has 0 aliphatic heterocycles. The highest BCUT2D eigenvalue weighted by molar-refractivity contribution is 7.98.